The van der Waals surface area contributed by atoms with E-state index in [2.05, 4.69) is 5.32 Å². The van der Waals surface area contributed by atoms with Gasteiger partial charge < -0.3 is 19.2 Å². The van der Waals surface area contributed by atoms with Crippen LogP contribution in [-0.4, -0.2) is 25.1 Å². The molecule has 6 nitrogen and oxygen atoms in total. The molecule has 0 fully saturated rings. The van der Waals surface area contributed by atoms with Gasteiger partial charge in [0.25, 0.3) is 5.91 Å². The topological polar surface area (TPSA) is 77.8 Å². The average molecular weight is 367 g/mol. The van der Waals surface area contributed by atoms with E-state index in [9.17, 15) is 9.59 Å². The number of rotatable bonds is 6. The summed E-state index contributed by atoms with van der Waals surface area (Å²) in [7, 11) is 1.57. The zero-order valence-electron chi connectivity index (χ0n) is 15.4. The molecule has 1 heterocycles. The molecule has 1 amide bonds. The molecule has 0 saturated carbocycles. The summed E-state index contributed by atoms with van der Waals surface area (Å²) < 4.78 is 16.1. The summed E-state index contributed by atoms with van der Waals surface area (Å²) in [4.78, 5) is 24.6. The summed E-state index contributed by atoms with van der Waals surface area (Å²) in [5, 5.41) is 3.51. The number of carbonyl (C=O) groups excluding carboxylic acids is 2. The molecule has 1 N–H and O–H groups in total. The first-order valence-electron chi connectivity index (χ1n) is 8.59. The van der Waals surface area contributed by atoms with Crippen molar-refractivity contribution in [2.24, 2.45) is 0 Å². The van der Waals surface area contributed by atoms with Crippen LogP contribution in [0.25, 0.3) is 11.0 Å². The molecule has 1 atom stereocenters. The number of aryl methyl sites for hydroxylation is 1. The number of esters is 1. The van der Waals surface area contributed by atoms with Crippen LogP contribution in [0.1, 0.15) is 28.6 Å². The molecule has 0 radical (unpaired) electrons. The third-order valence-electron chi connectivity index (χ3n) is 4.29. The fourth-order valence-electron chi connectivity index (χ4n) is 2.72. The molecule has 0 aliphatic carbocycles. The number of amides is 1. The second-order valence-corrected chi connectivity index (χ2v) is 6.17. The van der Waals surface area contributed by atoms with Gasteiger partial charge in [0, 0.05) is 17.5 Å². The molecule has 0 aliphatic heterocycles. The van der Waals surface area contributed by atoms with Crippen LogP contribution in [0.3, 0.4) is 0 Å². The molecule has 2 aromatic carbocycles. The van der Waals surface area contributed by atoms with Gasteiger partial charge in [-0.25, -0.2) is 4.79 Å². The SMILES string of the molecule is COc1ccc2oc(C(=O)O[C@@H](C)C(=O)NCc3ccccc3)c(C)c2c1. The van der Waals surface area contributed by atoms with Gasteiger partial charge >= 0.3 is 5.97 Å². The van der Waals surface area contributed by atoms with E-state index in [1.807, 2.05) is 30.3 Å². The largest absolute Gasteiger partial charge is 0.497 e. The maximum absolute atomic E-state index is 12.5. The molecule has 1 aromatic heterocycles. The fourth-order valence-corrected chi connectivity index (χ4v) is 2.72. The number of hydrogen-bond acceptors (Lipinski definition) is 5. The lowest BCUT2D eigenvalue weighted by molar-refractivity contribution is -0.129. The number of nitrogens with one attached hydrogen (secondary N) is 1. The summed E-state index contributed by atoms with van der Waals surface area (Å²) in [6, 6.07) is 14.8. The van der Waals surface area contributed by atoms with Gasteiger partial charge in [0.2, 0.25) is 5.76 Å². The highest BCUT2D eigenvalue weighted by Crippen LogP contribution is 2.29. The molecule has 27 heavy (non-hydrogen) atoms. The van der Waals surface area contributed by atoms with Crippen LogP contribution < -0.4 is 10.1 Å². The van der Waals surface area contributed by atoms with E-state index >= 15 is 0 Å². The van der Waals surface area contributed by atoms with E-state index in [1.165, 1.54) is 6.92 Å². The van der Waals surface area contributed by atoms with Gasteiger partial charge in [-0.05, 0) is 37.6 Å². The minimum atomic E-state index is -0.941. The van der Waals surface area contributed by atoms with Crippen molar-refractivity contribution in [3.05, 3.63) is 65.4 Å². The minimum absolute atomic E-state index is 0.0842. The Hall–Kier alpha value is -3.28. The van der Waals surface area contributed by atoms with Crippen LogP contribution >= 0.6 is 0 Å². The molecule has 3 rings (SSSR count). The van der Waals surface area contributed by atoms with Crippen molar-refractivity contribution in [2.45, 2.75) is 26.5 Å². The third kappa shape index (κ3) is 4.11. The minimum Gasteiger partial charge on any atom is -0.497 e. The molecular formula is C21H21NO5. The smallest absolute Gasteiger partial charge is 0.375 e. The molecule has 140 valence electrons. The third-order valence-corrected chi connectivity index (χ3v) is 4.29. The lowest BCUT2D eigenvalue weighted by atomic mass is 10.1. The van der Waals surface area contributed by atoms with Gasteiger partial charge in [-0.2, -0.15) is 0 Å². The highest BCUT2D eigenvalue weighted by Gasteiger charge is 2.24. The number of benzene rings is 2. The van der Waals surface area contributed by atoms with Crippen LogP contribution in [0.5, 0.6) is 5.75 Å². The van der Waals surface area contributed by atoms with E-state index in [0.29, 0.717) is 23.4 Å². The van der Waals surface area contributed by atoms with E-state index in [-0.39, 0.29) is 11.7 Å². The maximum Gasteiger partial charge on any atom is 0.375 e. The molecule has 0 bridgehead atoms. The summed E-state index contributed by atoms with van der Waals surface area (Å²) >= 11 is 0. The molecule has 0 saturated heterocycles. The van der Waals surface area contributed by atoms with Gasteiger partial charge in [0.1, 0.15) is 11.3 Å². The Morgan fingerprint density at radius 1 is 1.15 bits per heavy atom. The van der Waals surface area contributed by atoms with Crippen molar-refractivity contribution in [1.29, 1.82) is 0 Å². The number of methoxy groups -OCH3 is 1. The van der Waals surface area contributed by atoms with Crippen molar-refractivity contribution >= 4 is 22.8 Å². The van der Waals surface area contributed by atoms with Gasteiger partial charge in [0.05, 0.1) is 7.11 Å². The lowest BCUT2D eigenvalue weighted by Crippen LogP contribution is -2.35. The van der Waals surface area contributed by atoms with E-state index < -0.39 is 12.1 Å². The number of furan rings is 1. The lowest BCUT2D eigenvalue weighted by Gasteiger charge is -2.13. The van der Waals surface area contributed by atoms with E-state index in [0.717, 1.165) is 10.9 Å². The van der Waals surface area contributed by atoms with Crippen molar-refractivity contribution in [1.82, 2.24) is 5.32 Å². The second kappa shape index (κ2) is 7.95. The van der Waals surface area contributed by atoms with Crippen LogP contribution in [0.15, 0.2) is 52.9 Å². The first-order valence-corrected chi connectivity index (χ1v) is 8.59. The van der Waals surface area contributed by atoms with Gasteiger partial charge in [-0.1, -0.05) is 30.3 Å². The van der Waals surface area contributed by atoms with Gasteiger partial charge in [-0.15, -0.1) is 0 Å². The summed E-state index contributed by atoms with van der Waals surface area (Å²) in [6.07, 6.45) is -0.941. The second-order valence-electron chi connectivity index (χ2n) is 6.17. The Labute approximate surface area is 157 Å². The molecule has 3 aromatic rings. The first kappa shape index (κ1) is 18.5. The highest BCUT2D eigenvalue weighted by molar-refractivity contribution is 5.97. The van der Waals surface area contributed by atoms with Crippen molar-refractivity contribution < 1.29 is 23.5 Å². The molecule has 6 heteroatoms. The van der Waals surface area contributed by atoms with Crippen molar-refractivity contribution in [3.63, 3.8) is 0 Å². The number of hydrogen-bond donors (Lipinski definition) is 1. The highest BCUT2D eigenvalue weighted by atomic mass is 16.6. The Morgan fingerprint density at radius 2 is 1.89 bits per heavy atom. The Kier molecular flexibility index (Phi) is 5.45. The Bertz CT molecular complexity index is 961. The quantitative estimate of drug-likeness (QED) is 0.674. The molecule has 0 aliphatic rings. The predicted molar refractivity (Wildman–Crippen MR) is 101 cm³/mol. The summed E-state index contributed by atoms with van der Waals surface area (Å²) in [6.45, 7) is 3.66. The van der Waals surface area contributed by atoms with Crippen LogP contribution in [0.4, 0.5) is 0 Å². The summed E-state index contributed by atoms with van der Waals surface area (Å²) in [5.74, 6) is -0.298. The normalized spacial score (nSPS) is 11.8. The van der Waals surface area contributed by atoms with Crippen molar-refractivity contribution in [3.8, 4) is 5.75 Å². The molecule has 0 unspecified atom stereocenters. The van der Waals surface area contributed by atoms with Crippen LogP contribution in [-0.2, 0) is 16.1 Å². The zero-order chi connectivity index (χ0) is 19.4. The van der Waals surface area contributed by atoms with Gasteiger partial charge in [-0.3, -0.25) is 4.79 Å². The standard InChI is InChI=1S/C21H21NO5/c1-13-17-11-16(25-3)9-10-18(17)27-19(13)21(24)26-14(2)20(23)22-12-15-7-5-4-6-8-15/h4-11,14H,12H2,1-3H3,(H,22,23)/t14-/m0/s1. The Morgan fingerprint density at radius 3 is 2.59 bits per heavy atom. The zero-order valence-corrected chi connectivity index (χ0v) is 15.4. The van der Waals surface area contributed by atoms with Gasteiger partial charge in [0.15, 0.2) is 6.10 Å². The van der Waals surface area contributed by atoms with Crippen LogP contribution in [0.2, 0.25) is 0 Å². The number of ether oxygens (including phenoxy) is 2. The molecular weight excluding hydrogens is 346 g/mol. The number of fused-ring (bicyclic) bond motifs is 1. The fraction of sp³-hybridized carbons (Fsp3) is 0.238. The first-order chi connectivity index (χ1) is 13.0. The van der Waals surface area contributed by atoms with E-state index in [4.69, 9.17) is 13.9 Å². The molecule has 0 spiro atoms. The summed E-state index contributed by atoms with van der Waals surface area (Å²) in [5.41, 5.74) is 2.17. The Balaban J connectivity index is 1.66. The average Bonchev–Trinajstić information content (AvgIpc) is 3.02. The predicted octanol–water partition coefficient (Wildman–Crippen LogP) is 3.61. The van der Waals surface area contributed by atoms with Crippen LogP contribution in [0, 0.1) is 6.92 Å². The maximum atomic E-state index is 12.5. The number of carbonyl (C=O) groups is 2. The van der Waals surface area contributed by atoms with E-state index in [1.54, 1.807) is 32.2 Å². The monoisotopic (exact) mass is 367 g/mol. The van der Waals surface area contributed by atoms with Crippen molar-refractivity contribution in [2.75, 3.05) is 7.11 Å².